The summed E-state index contributed by atoms with van der Waals surface area (Å²) in [5.41, 5.74) is 5.02. The van der Waals surface area contributed by atoms with E-state index in [9.17, 15) is 14.4 Å². The lowest BCUT2D eigenvalue weighted by Crippen LogP contribution is -3.00. The number of hydrogen-bond acceptors (Lipinski definition) is 5. The van der Waals surface area contributed by atoms with Gasteiger partial charge in [-0.15, -0.1) is 0 Å². The lowest BCUT2D eigenvalue weighted by Gasteiger charge is -2.45. The highest BCUT2D eigenvalue weighted by atomic mass is 127. The van der Waals surface area contributed by atoms with Crippen LogP contribution in [0.3, 0.4) is 0 Å². The number of nitrogens with one attached hydrogen (secondary N) is 2. The molecular formula is C34H38IN3O5. The lowest BCUT2D eigenvalue weighted by molar-refractivity contribution is -0.938. The maximum absolute atomic E-state index is 13.2. The van der Waals surface area contributed by atoms with Gasteiger partial charge in [0.05, 0.1) is 19.8 Å². The van der Waals surface area contributed by atoms with E-state index in [0.29, 0.717) is 42.0 Å². The lowest BCUT2D eigenvalue weighted by atomic mass is 9.96. The molecule has 43 heavy (non-hydrogen) atoms. The van der Waals surface area contributed by atoms with Gasteiger partial charge in [0.15, 0.2) is 0 Å². The Morgan fingerprint density at radius 1 is 0.930 bits per heavy atom. The smallest absolute Gasteiger partial charge is 0.411 e. The Hall–Kier alpha value is -3.28. The molecule has 3 aromatic rings. The molecule has 9 heteroatoms. The number of ether oxygens (including phenoxy) is 2. The predicted molar refractivity (Wildman–Crippen MR) is 161 cm³/mol. The fourth-order valence-electron chi connectivity index (χ4n) is 6.80. The minimum Gasteiger partial charge on any atom is -1.00 e. The SMILES string of the molecule is C[N+]1(C)[C@@H]2CC(OC(=O)Nc3cc(CCCCC(=O)Nc4ccc(C=O)cc4)ccc3-c3ccccc3)C[C@H]1[C@@H]1O[C@@H]12.[I-]. The molecule has 0 spiro atoms. The van der Waals surface area contributed by atoms with Crippen molar-refractivity contribution in [1.29, 1.82) is 0 Å². The van der Waals surface area contributed by atoms with Crippen LogP contribution in [0.1, 0.15) is 48.0 Å². The van der Waals surface area contributed by atoms with Crippen LogP contribution in [0.15, 0.2) is 72.8 Å². The van der Waals surface area contributed by atoms with Crippen LogP contribution in [0.5, 0.6) is 0 Å². The van der Waals surface area contributed by atoms with E-state index in [1.165, 1.54) is 0 Å². The zero-order valence-electron chi connectivity index (χ0n) is 24.5. The first kappa shape index (κ1) is 31.2. The van der Waals surface area contributed by atoms with E-state index in [0.717, 1.165) is 65.3 Å². The standard InChI is InChI=1S/C34H37N3O5.HI/c1-37(2)29-19-26(20-30(37)33-32(29)42-33)41-34(40)36-28-18-22(14-17-27(28)24-9-4-3-5-10-24)8-6-7-11-31(39)35-25-15-12-23(21-38)13-16-25;/h3-5,9-10,12-18,21,26,29-30,32-33H,6-8,11,19-20H2,1-2H3,(H-,35,36,38,39,40);1H/t26?,29-,30+,32-,33+;. The third-order valence-corrected chi connectivity index (χ3v) is 9.17. The molecule has 0 radical (unpaired) electrons. The van der Waals surface area contributed by atoms with E-state index in [2.05, 4.69) is 30.8 Å². The molecule has 3 aromatic carbocycles. The van der Waals surface area contributed by atoms with Crippen molar-refractivity contribution in [2.45, 2.75) is 68.9 Å². The average molecular weight is 696 g/mol. The number of halogens is 1. The monoisotopic (exact) mass is 695 g/mol. The fraction of sp³-hybridized carbons (Fsp3) is 0.382. The maximum Gasteiger partial charge on any atom is 0.411 e. The molecule has 2 bridgehead atoms. The number of fused-ring (bicyclic) bond motifs is 5. The van der Waals surface area contributed by atoms with Crippen molar-refractivity contribution in [2.75, 3.05) is 24.7 Å². The number of quaternary nitrogens is 1. The summed E-state index contributed by atoms with van der Waals surface area (Å²) in [6.07, 6.45) is 5.25. The second-order valence-electron chi connectivity index (χ2n) is 12.2. The molecule has 3 heterocycles. The average Bonchev–Trinajstić information content (AvgIpc) is 3.75. The molecule has 2 N–H and O–H groups in total. The first-order valence-electron chi connectivity index (χ1n) is 14.8. The summed E-state index contributed by atoms with van der Waals surface area (Å²) in [5.74, 6) is -0.0550. The van der Waals surface area contributed by atoms with Gasteiger partial charge in [0.1, 0.15) is 36.7 Å². The number of aldehydes is 1. The number of carbonyl (C=O) groups excluding carboxylic acids is 3. The summed E-state index contributed by atoms with van der Waals surface area (Å²) in [5, 5.41) is 5.93. The minimum atomic E-state index is -0.423. The van der Waals surface area contributed by atoms with Gasteiger partial charge in [-0.3, -0.25) is 14.9 Å². The van der Waals surface area contributed by atoms with Gasteiger partial charge >= 0.3 is 6.09 Å². The summed E-state index contributed by atoms with van der Waals surface area (Å²) < 4.78 is 12.8. The van der Waals surface area contributed by atoms with E-state index in [1.807, 2.05) is 42.5 Å². The minimum absolute atomic E-state index is 0. The molecule has 3 saturated heterocycles. The zero-order valence-corrected chi connectivity index (χ0v) is 26.7. The molecule has 0 aromatic heterocycles. The summed E-state index contributed by atoms with van der Waals surface area (Å²) >= 11 is 0. The van der Waals surface area contributed by atoms with Crippen molar-refractivity contribution < 1.29 is 52.3 Å². The molecule has 3 aliphatic heterocycles. The van der Waals surface area contributed by atoms with Gasteiger partial charge in [0, 0.05) is 36.1 Å². The van der Waals surface area contributed by atoms with E-state index in [-0.39, 0.29) is 36.0 Å². The number of carbonyl (C=O) groups is 3. The summed E-state index contributed by atoms with van der Waals surface area (Å²) in [4.78, 5) is 36.3. The molecule has 226 valence electrons. The molecule has 8 nitrogen and oxygen atoms in total. The largest absolute Gasteiger partial charge is 1.00 e. The number of anilines is 2. The normalized spacial score (nSPS) is 24.2. The number of aryl methyl sites for hydroxylation is 1. The third-order valence-electron chi connectivity index (χ3n) is 9.17. The second kappa shape index (κ2) is 13.2. The Morgan fingerprint density at radius 3 is 2.30 bits per heavy atom. The molecule has 3 aliphatic rings. The second-order valence-corrected chi connectivity index (χ2v) is 12.2. The third kappa shape index (κ3) is 6.94. The van der Waals surface area contributed by atoms with Crippen molar-refractivity contribution in [2.24, 2.45) is 0 Å². The number of unbranched alkanes of at least 4 members (excludes halogenated alkanes) is 1. The molecule has 5 atom stereocenters. The number of likely N-dealkylation sites (N-methyl/N-ethyl adjacent to an activating group) is 1. The number of hydrogen-bond donors (Lipinski definition) is 2. The van der Waals surface area contributed by atoms with Crippen molar-refractivity contribution >= 4 is 29.7 Å². The van der Waals surface area contributed by atoms with Gasteiger partial charge in [-0.2, -0.15) is 0 Å². The molecule has 1 unspecified atom stereocenters. The van der Waals surface area contributed by atoms with E-state index < -0.39 is 6.09 Å². The summed E-state index contributed by atoms with van der Waals surface area (Å²) in [7, 11) is 4.53. The van der Waals surface area contributed by atoms with Gasteiger partial charge in [-0.25, -0.2) is 4.79 Å². The van der Waals surface area contributed by atoms with Crippen LogP contribution in [0.2, 0.25) is 0 Å². The van der Waals surface area contributed by atoms with Gasteiger partial charge in [0.2, 0.25) is 5.91 Å². The summed E-state index contributed by atoms with van der Waals surface area (Å²) in [6, 6.07) is 23.7. The van der Waals surface area contributed by atoms with Crippen molar-refractivity contribution in [1.82, 2.24) is 0 Å². The fourth-order valence-corrected chi connectivity index (χ4v) is 6.80. The van der Waals surface area contributed by atoms with Crippen molar-refractivity contribution in [3.05, 3.63) is 83.9 Å². The quantitative estimate of drug-likeness (QED) is 0.112. The number of morpholine rings is 1. The predicted octanol–water partition coefficient (Wildman–Crippen LogP) is 2.83. The summed E-state index contributed by atoms with van der Waals surface area (Å²) in [6.45, 7) is 0. The highest BCUT2D eigenvalue weighted by Crippen LogP contribution is 2.51. The Kier molecular flexibility index (Phi) is 9.53. The Balaban J connectivity index is 0.00000368. The van der Waals surface area contributed by atoms with Crippen LogP contribution < -0.4 is 34.6 Å². The van der Waals surface area contributed by atoms with Crippen LogP contribution in [0.25, 0.3) is 11.1 Å². The molecular weight excluding hydrogens is 657 g/mol. The molecule has 2 amide bonds. The van der Waals surface area contributed by atoms with E-state index >= 15 is 0 Å². The van der Waals surface area contributed by atoms with Gasteiger partial charge < -0.3 is 43.3 Å². The van der Waals surface area contributed by atoms with Crippen LogP contribution >= 0.6 is 0 Å². The van der Waals surface area contributed by atoms with E-state index in [1.54, 1.807) is 24.3 Å². The Labute approximate surface area is 269 Å². The molecule has 3 fully saturated rings. The van der Waals surface area contributed by atoms with Crippen LogP contribution in [-0.4, -0.2) is 67.3 Å². The topological polar surface area (TPSA) is 97.0 Å². The van der Waals surface area contributed by atoms with Gasteiger partial charge in [0.25, 0.3) is 0 Å². The van der Waals surface area contributed by atoms with E-state index in [4.69, 9.17) is 9.47 Å². The molecule has 0 saturated carbocycles. The van der Waals surface area contributed by atoms with Crippen LogP contribution in [0.4, 0.5) is 16.2 Å². The maximum atomic E-state index is 13.2. The molecule has 6 rings (SSSR count). The number of epoxide rings is 1. The Morgan fingerprint density at radius 2 is 1.63 bits per heavy atom. The number of benzene rings is 3. The molecule has 0 aliphatic carbocycles. The van der Waals surface area contributed by atoms with Crippen LogP contribution in [0, 0.1) is 0 Å². The number of amides is 2. The van der Waals surface area contributed by atoms with Crippen molar-refractivity contribution in [3.8, 4) is 11.1 Å². The van der Waals surface area contributed by atoms with Crippen LogP contribution in [-0.2, 0) is 20.7 Å². The zero-order chi connectivity index (χ0) is 29.3. The number of rotatable bonds is 10. The number of piperidine rings is 1. The Bertz CT molecular complexity index is 1440. The highest BCUT2D eigenvalue weighted by molar-refractivity contribution is 5.92. The highest BCUT2D eigenvalue weighted by Gasteiger charge is 2.70. The first-order chi connectivity index (χ1) is 20.3. The first-order valence-corrected chi connectivity index (χ1v) is 14.8. The van der Waals surface area contributed by atoms with Crippen molar-refractivity contribution in [3.63, 3.8) is 0 Å². The van der Waals surface area contributed by atoms with Gasteiger partial charge in [-0.1, -0.05) is 42.5 Å². The van der Waals surface area contributed by atoms with Gasteiger partial charge in [-0.05, 0) is 60.7 Å². The number of nitrogens with zero attached hydrogens (tertiary/aromatic N) is 1.